The van der Waals surface area contributed by atoms with Crippen LogP contribution in [0.3, 0.4) is 0 Å². The second-order valence-electron chi connectivity index (χ2n) is 3.01. The van der Waals surface area contributed by atoms with E-state index in [1.54, 1.807) is 12.3 Å². The van der Waals surface area contributed by atoms with Gasteiger partial charge in [-0.05, 0) is 6.07 Å². The van der Waals surface area contributed by atoms with E-state index in [4.69, 9.17) is 21.1 Å². The number of pyridine rings is 1. The minimum atomic E-state index is -0.457. The van der Waals surface area contributed by atoms with Crippen molar-refractivity contribution in [3.63, 3.8) is 0 Å². The Morgan fingerprint density at radius 1 is 1.73 bits per heavy atom. The topological polar surface area (TPSA) is 60.5 Å². The highest BCUT2D eigenvalue weighted by molar-refractivity contribution is 6.31. The van der Waals surface area contributed by atoms with Gasteiger partial charge in [0.25, 0.3) is 0 Å². The molecule has 1 fully saturated rings. The van der Waals surface area contributed by atoms with Gasteiger partial charge in [0.05, 0.1) is 23.7 Å². The van der Waals surface area contributed by atoms with Crippen molar-refractivity contribution < 1.29 is 14.3 Å². The molecule has 5 nitrogen and oxygen atoms in total. The van der Waals surface area contributed by atoms with E-state index in [1.807, 2.05) is 0 Å². The minimum Gasteiger partial charge on any atom is -0.481 e. The van der Waals surface area contributed by atoms with E-state index >= 15 is 0 Å². The Hall–Kier alpha value is -1.49. The van der Waals surface area contributed by atoms with Crippen LogP contribution in [0.1, 0.15) is 11.6 Å². The number of alkyl carbamates (subject to hydrolysis) is 1. The molecule has 1 saturated heterocycles. The lowest BCUT2D eigenvalue weighted by atomic mass is 10.1. The molecule has 1 aliphatic heterocycles. The number of amides is 1. The number of halogens is 1. The van der Waals surface area contributed by atoms with E-state index < -0.39 is 6.09 Å². The van der Waals surface area contributed by atoms with Crippen LogP contribution in [0.25, 0.3) is 0 Å². The Labute approximate surface area is 91.3 Å². The number of ether oxygens (including phenoxy) is 2. The summed E-state index contributed by atoms with van der Waals surface area (Å²) in [4.78, 5) is 14.9. The Kier molecular flexibility index (Phi) is 2.64. The fraction of sp³-hybridized carbons (Fsp3) is 0.333. The molecule has 0 radical (unpaired) electrons. The average Bonchev–Trinajstić information content (AvgIpc) is 2.64. The number of nitrogens with zero attached hydrogens (tertiary/aromatic N) is 1. The molecule has 0 saturated carbocycles. The van der Waals surface area contributed by atoms with Crippen LogP contribution in [0.5, 0.6) is 5.88 Å². The number of methoxy groups -OCH3 is 1. The molecule has 1 atom stereocenters. The van der Waals surface area contributed by atoms with Crippen LogP contribution < -0.4 is 10.1 Å². The zero-order valence-corrected chi connectivity index (χ0v) is 8.75. The number of cyclic esters (lactones) is 1. The molecule has 1 N–H and O–H groups in total. The molecular formula is C9H9ClN2O3. The summed E-state index contributed by atoms with van der Waals surface area (Å²) in [6.07, 6.45) is 1.09. The van der Waals surface area contributed by atoms with Gasteiger partial charge in [0.15, 0.2) is 0 Å². The fourth-order valence-electron chi connectivity index (χ4n) is 1.45. The van der Waals surface area contributed by atoms with Crippen molar-refractivity contribution in [1.29, 1.82) is 0 Å². The SMILES string of the molecule is COc1nccc(Cl)c1C1COC(=O)N1. The molecule has 0 spiro atoms. The minimum absolute atomic E-state index is 0.237. The first kappa shape index (κ1) is 10.0. The van der Waals surface area contributed by atoms with E-state index in [2.05, 4.69) is 10.3 Å². The van der Waals surface area contributed by atoms with E-state index in [9.17, 15) is 4.79 Å². The van der Waals surface area contributed by atoms with Crippen molar-refractivity contribution in [3.8, 4) is 5.88 Å². The predicted molar refractivity (Wildman–Crippen MR) is 53.0 cm³/mol. The van der Waals surface area contributed by atoms with Crippen LogP contribution in [-0.2, 0) is 4.74 Å². The summed E-state index contributed by atoms with van der Waals surface area (Å²) in [5, 5.41) is 3.12. The molecule has 1 aromatic rings. The lowest BCUT2D eigenvalue weighted by Gasteiger charge is -2.12. The molecule has 6 heteroatoms. The van der Waals surface area contributed by atoms with E-state index in [-0.39, 0.29) is 12.6 Å². The third kappa shape index (κ3) is 1.83. The summed E-state index contributed by atoms with van der Waals surface area (Å²) in [6.45, 7) is 0.237. The predicted octanol–water partition coefficient (Wildman–Crippen LogP) is 1.52. The Bertz CT molecular complexity index is 397. The molecule has 15 heavy (non-hydrogen) atoms. The molecule has 0 aliphatic carbocycles. The molecule has 0 bridgehead atoms. The monoisotopic (exact) mass is 228 g/mol. The highest BCUT2D eigenvalue weighted by atomic mass is 35.5. The molecule has 1 aliphatic rings. The molecule has 80 valence electrons. The normalized spacial score (nSPS) is 19.6. The van der Waals surface area contributed by atoms with E-state index in [1.165, 1.54) is 7.11 Å². The van der Waals surface area contributed by atoms with Gasteiger partial charge in [-0.2, -0.15) is 0 Å². The summed E-state index contributed by atoms with van der Waals surface area (Å²) in [7, 11) is 1.50. The molecule has 0 aromatic carbocycles. The number of nitrogens with one attached hydrogen (secondary N) is 1. The number of carbonyl (C=O) groups is 1. The van der Waals surface area contributed by atoms with Crippen molar-refractivity contribution in [2.45, 2.75) is 6.04 Å². The van der Waals surface area contributed by atoms with Gasteiger partial charge in [-0.1, -0.05) is 11.6 Å². The molecule has 1 unspecified atom stereocenters. The third-order valence-electron chi connectivity index (χ3n) is 2.12. The Balaban J connectivity index is 2.37. The number of hydrogen-bond acceptors (Lipinski definition) is 4. The molecular weight excluding hydrogens is 220 g/mol. The maximum absolute atomic E-state index is 10.9. The fourth-order valence-corrected chi connectivity index (χ4v) is 1.72. The van der Waals surface area contributed by atoms with Gasteiger partial charge in [0.1, 0.15) is 6.61 Å². The second-order valence-corrected chi connectivity index (χ2v) is 3.42. The van der Waals surface area contributed by atoms with Crippen LogP contribution in [0.4, 0.5) is 4.79 Å². The first-order valence-electron chi connectivity index (χ1n) is 4.34. The van der Waals surface area contributed by atoms with Gasteiger partial charge in [-0.25, -0.2) is 9.78 Å². The van der Waals surface area contributed by atoms with E-state index in [0.717, 1.165) is 0 Å². The molecule has 2 heterocycles. The zero-order valence-electron chi connectivity index (χ0n) is 7.99. The molecule has 2 rings (SSSR count). The van der Waals surface area contributed by atoms with Crippen molar-refractivity contribution in [3.05, 3.63) is 22.8 Å². The summed E-state index contributed by atoms with van der Waals surface area (Å²) < 4.78 is 9.85. The zero-order chi connectivity index (χ0) is 10.8. The number of rotatable bonds is 2. The number of aromatic nitrogens is 1. The highest BCUT2D eigenvalue weighted by Crippen LogP contribution is 2.31. The summed E-state index contributed by atoms with van der Waals surface area (Å²) in [6, 6.07) is 1.35. The van der Waals surface area contributed by atoms with Gasteiger partial charge in [0.2, 0.25) is 5.88 Å². The highest BCUT2D eigenvalue weighted by Gasteiger charge is 2.28. The van der Waals surface area contributed by atoms with Crippen LogP contribution in [0.15, 0.2) is 12.3 Å². The first-order chi connectivity index (χ1) is 7.22. The van der Waals surface area contributed by atoms with Gasteiger partial charge < -0.3 is 14.8 Å². The molecule has 1 amide bonds. The molecule has 1 aromatic heterocycles. The van der Waals surface area contributed by atoms with Gasteiger partial charge in [0, 0.05) is 6.20 Å². The Morgan fingerprint density at radius 3 is 3.13 bits per heavy atom. The van der Waals surface area contributed by atoms with Crippen LogP contribution in [0.2, 0.25) is 5.02 Å². The summed E-state index contributed by atoms with van der Waals surface area (Å²) in [5.41, 5.74) is 0.646. The number of hydrogen-bond donors (Lipinski definition) is 1. The van der Waals surface area contributed by atoms with Crippen molar-refractivity contribution in [1.82, 2.24) is 10.3 Å². The van der Waals surface area contributed by atoms with E-state index in [0.29, 0.717) is 16.5 Å². The van der Waals surface area contributed by atoms with Crippen LogP contribution >= 0.6 is 11.6 Å². The quantitative estimate of drug-likeness (QED) is 0.834. The van der Waals surface area contributed by atoms with Crippen LogP contribution in [-0.4, -0.2) is 24.8 Å². The van der Waals surface area contributed by atoms with Crippen molar-refractivity contribution in [2.24, 2.45) is 0 Å². The lowest BCUT2D eigenvalue weighted by molar-refractivity contribution is 0.176. The van der Waals surface area contributed by atoms with Crippen LogP contribution in [0, 0.1) is 0 Å². The standard InChI is InChI=1S/C9H9ClN2O3/c1-14-8-7(5(10)2-3-11-8)6-4-15-9(13)12-6/h2-3,6H,4H2,1H3,(H,12,13). The average molecular weight is 229 g/mol. The summed E-state index contributed by atoms with van der Waals surface area (Å²) >= 11 is 6.01. The van der Waals surface area contributed by atoms with Gasteiger partial charge >= 0.3 is 6.09 Å². The second kappa shape index (κ2) is 3.94. The maximum atomic E-state index is 10.9. The van der Waals surface area contributed by atoms with Gasteiger partial charge in [-0.3, -0.25) is 0 Å². The maximum Gasteiger partial charge on any atom is 0.407 e. The lowest BCUT2D eigenvalue weighted by Crippen LogP contribution is -2.19. The first-order valence-corrected chi connectivity index (χ1v) is 4.72. The third-order valence-corrected chi connectivity index (χ3v) is 2.44. The van der Waals surface area contributed by atoms with Crippen molar-refractivity contribution in [2.75, 3.05) is 13.7 Å². The smallest absolute Gasteiger partial charge is 0.407 e. The number of carbonyl (C=O) groups excluding carboxylic acids is 1. The summed E-state index contributed by atoms with van der Waals surface area (Å²) in [5.74, 6) is 0.401. The van der Waals surface area contributed by atoms with Gasteiger partial charge in [-0.15, -0.1) is 0 Å². The largest absolute Gasteiger partial charge is 0.481 e. The Morgan fingerprint density at radius 2 is 2.53 bits per heavy atom. The van der Waals surface area contributed by atoms with Crippen molar-refractivity contribution >= 4 is 17.7 Å².